The zero-order chi connectivity index (χ0) is 23.8. The Morgan fingerprint density at radius 2 is 1.82 bits per heavy atom. The van der Waals surface area contributed by atoms with Crippen LogP contribution in [0.3, 0.4) is 0 Å². The molecule has 1 N–H and O–H groups in total. The Labute approximate surface area is 196 Å². The normalized spacial score (nSPS) is 14.6. The van der Waals surface area contributed by atoms with Crippen LogP contribution in [0.5, 0.6) is 5.75 Å². The molecule has 0 spiro atoms. The van der Waals surface area contributed by atoms with E-state index in [0.717, 1.165) is 35.8 Å². The average molecular weight is 490 g/mol. The number of hydrogen-bond acceptors (Lipinski definition) is 6. The van der Waals surface area contributed by atoms with Crippen molar-refractivity contribution >= 4 is 38.6 Å². The minimum Gasteiger partial charge on any atom is -0.424 e. The van der Waals surface area contributed by atoms with Gasteiger partial charge in [-0.25, -0.2) is 18.0 Å². The summed E-state index contributed by atoms with van der Waals surface area (Å²) < 4.78 is 38.7. The predicted octanol–water partition coefficient (Wildman–Crippen LogP) is 4.30. The van der Waals surface area contributed by atoms with Crippen LogP contribution < -0.4 is 15.1 Å². The predicted molar refractivity (Wildman–Crippen MR) is 125 cm³/mol. The number of carbonyl (C=O) groups is 1. The molecule has 1 aliphatic carbocycles. The molecule has 1 aliphatic rings. The van der Waals surface area contributed by atoms with Gasteiger partial charge in [-0.1, -0.05) is 36.2 Å². The summed E-state index contributed by atoms with van der Waals surface area (Å²) >= 11 is 6.39. The number of rotatable bonds is 6. The number of fused-ring (bicyclic) bond motifs is 3. The van der Waals surface area contributed by atoms with Crippen molar-refractivity contribution in [1.82, 2.24) is 4.72 Å². The van der Waals surface area contributed by atoms with Crippen molar-refractivity contribution < 1.29 is 22.4 Å². The summed E-state index contributed by atoms with van der Waals surface area (Å²) in [6, 6.07) is 8.21. The van der Waals surface area contributed by atoms with Gasteiger partial charge in [0.15, 0.2) is 5.75 Å². The van der Waals surface area contributed by atoms with Gasteiger partial charge >= 0.3 is 11.6 Å². The second-order valence-electron chi connectivity index (χ2n) is 8.15. The molecule has 0 unspecified atom stereocenters. The molecule has 0 bridgehead atoms. The molecule has 4 rings (SSSR count). The molecule has 0 saturated heterocycles. The number of ether oxygens (including phenoxy) is 1. The van der Waals surface area contributed by atoms with Crippen LogP contribution >= 0.6 is 11.6 Å². The first-order valence-electron chi connectivity index (χ1n) is 10.8. The Hall–Kier alpha value is -2.68. The van der Waals surface area contributed by atoms with E-state index >= 15 is 0 Å². The van der Waals surface area contributed by atoms with Gasteiger partial charge in [0.1, 0.15) is 11.6 Å². The number of aryl methyl sites for hydroxylation is 2. The summed E-state index contributed by atoms with van der Waals surface area (Å²) in [5.74, 6) is -0.809. The maximum Gasteiger partial charge on any atom is 0.339 e. The second kappa shape index (κ2) is 9.29. The van der Waals surface area contributed by atoms with Gasteiger partial charge in [-0.2, -0.15) is 4.72 Å². The quantitative estimate of drug-likeness (QED) is 0.314. The van der Waals surface area contributed by atoms with E-state index in [1.54, 1.807) is 25.1 Å². The Morgan fingerprint density at radius 1 is 1.15 bits per heavy atom. The lowest BCUT2D eigenvalue weighted by Crippen LogP contribution is -2.42. The van der Waals surface area contributed by atoms with E-state index in [4.69, 9.17) is 20.8 Å². The SMILES string of the molecule is CC[C@H](NS(=O)(=O)c1ccc(C)cc1)C(=O)Oc1cc2oc(=O)c3c(c2cc1Cl)CCCC3. The highest BCUT2D eigenvalue weighted by Crippen LogP contribution is 2.34. The van der Waals surface area contributed by atoms with Gasteiger partial charge in [-0.3, -0.25) is 0 Å². The molecule has 0 saturated carbocycles. The molecule has 7 nitrogen and oxygen atoms in total. The summed E-state index contributed by atoms with van der Waals surface area (Å²) in [7, 11) is -3.93. The van der Waals surface area contributed by atoms with Gasteiger partial charge in [0, 0.05) is 17.0 Å². The number of benzene rings is 2. The fraction of sp³-hybridized carbons (Fsp3) is 0.333. The monoisotopic (exact) mass is 489 g/mol. The largest absolute Gasteiger partial charge is 0.424 e. The molecule has 33 heavy (non-hydrogen) atoms. The summed E-state index contributed by atoms with van der Waals surface area (Å²) in [5.41, 5.74) is 2.39. The molecule has 174 valence electrons. The molecule has 0 amide bonds. The van der Waals surface area contributed by atoms with E-state index < -0.39 is 27.7 Å². The van der Waals surface area contributed by atoms with E-state index in [9.17, 15) is 18.0 Å². The first-order valence-corrected chi connectivity index (χ1v) is 12.6. The van der Waals surface area contributed by atoms with Crippen molar-refractivity contribution in [3.05, 3.63) is 68.5 Å². The topological polar surface area (TPSA) is 103 Å². The lowest BCUT2D eigenvalue weighted by atomic mass is 9.91. The summed E-state index contributed by atoms with van der Waals surface area (Å²) in [4.78, 5) is 25.2. The standard InChI is InChI=1S/C24H24ClNO6S/c1-3-20(26-33(29,30)15-10-8-14(2)9-11-15)24(28)32-22-13-21-18(12-19(22)25)16-6-4-5-7-17(16)23(27)31-21/h8-13,20,26H,3-7H2,1-2H3/t20-/m0/s1. The lowest BCUT2D eigenvalue weighted by molar-refractivity contribution is -0.136. The highest BCUT2D eigenvalue weighted by atomic mass is 35.5. The van der Waals surface area contributed by atoms with E-state index in [1.165, 1.54) is 18.2 Å². The molecular formula is C24H24ClNO6S. The van der Waals surface area contributed by atoms with Crippen molar-refractivity contribution in [3.63, 3.8) is 0 Å². The number of carbonyl (C=O) groups excluding carboxylic acids is 1. The Morgan fingerprint density at radius 3 is 2.48 bits per heavy atom. The molecule has 0 fully saturated rings. The number of nitrogens with one attached hydrogen (secondary N) is 1. The zero-order valence-electron chi connectivity index (χ0n) is 18.3. The number of sulfonamides is 1. The molecule has 9 heteroatoms. The van der Waals surface area contributed by atoms with Crippen LogP contribution in [-0.4, -0.2) is 20.4 Å². The third kappa shape index (κ3) is 4.83. The molecule has 3 aromatic rings. The van der Waals surface area contributed by atoms with Gasteiger partial charge in [0.05, 0.1) is 9.92 Å². The maximum atomic E-state index is 12.8. The molecule has 0 aliphatic heterocycles. The van der Waals surface area contributed by atoms with Crippen LogP contribution in [0.1, 0.15) is 42.9 Å². The molecule has 1 heterocycles. The maximum absolute atomic E-state index is 12.8. The van der Waals surface area contributed by atoms with E-state index in [1.807, 2.05) is 6.92 Å². The van der Waals surface area contributed by atoms with Gasteiger partial charge in [-0.15, -0.1) is 0 Å². The first-order chi connectivity index (χ1) is 15.7. The van der Waals surface area contributed by atoms with Gasteiger partial charge in [0.25, 0.3) is 0 Å². The number of hydrogen-bond donors (Lipinski definition) is 1. The number of halogens is 1. The van der Waals surface area contributed by atoms with Crippen LogP contribution in [-0.2, 0) is 27.7 Å². The average Bonchev–Trinajstić information content (AvgIpc) is 2.79. The van der Waals surface area contributed by atoms with Crippen LogP contribution in [0.15, 0.2) is 50.5 Å². The number of esters is 1. The molecule has 1 atom stereocenters. The molecule has 0 radical (unpaired) electrons. The Bertz CT molecular complexity index is 1380. The van der Waals surface area contributed by atoms with Crippen molar-refractivity contribution in [3.8, 4) is 5.75 Å². The first kappa shape index (κ1) is 23.5. The smallest absolute Gasteiger partial charge is 0.339 e. The van der Waals surface area contributed by atoms with Gasteiger partial charge in [0.2, 0.25) is 10.0 Å². The minimum absolute atomic E-state index is 0.000981. The van der Waals surface area contributed by atoms with E-state index in [-0.39, 0.29) is 27.7 Å². The third-order valence-corrected chi connectivity index (χ3v) is 7.59. The van der Waals surface area contributed by atoms with Gasteiger partial charge < -0.3 is 9.15 Å². The Balaban J connectivity index is 1.60. The van der Waals surface area contributed by atoms with Crippen LogP contribution in [0.2, 0.25) is 5.02 Å². The van der Waals surface area contributed by atoms with Crippen LogP contribution in [0, 0.1) is 6.92 Å². The third-order valence-electron chi connectivity index (χ3n) is 5.81. The summed E-state index contributed by atoms with van der Waals surface area (Å²) in [6.07, 6.45) is 3.49. The summed E-state index contributed by atoms with van der Waals surface area (Å²) in [6.45, 7) is 3.51. The van der Waals surface area contributed by atoms with E-state index in [0.29, 0.717) is 12.0 Å². The van der Waals surface area contributed by atoms with Crippen LogP contribution in [0.25, 0.3) is 11.0 Å². The molecule has 2 aromatic carbocycles. The molecule has 1 aromatic heterocycles. The van der Waals surface area contributed by atoms with Crippen molar-refractivity contribution in [2.75, 3.05) is 0 Å². The minimum atomic E-state index is -3.93. The van der Waals surface area contributed by atoms with Crippen molar-refractivity contribution in [2.24, 2.45) is 0 Å². The van der Waals surface area contributed by atoms with Crippen molar-refractivity contribution in [1.29, 1.82) is 0 Å². The highest BCUT2D eigenvalue weighted by Gasteiger charge is 2.27. The summed E-state index contributed by atoms with van der Waals surface area (Å²) in [5, 5.41) is 0.898. The molecular weight excluding hydrogens is 466 g/mol. The fourth-order valence-electron chi connectivity index (χ4n) is 3.97. The highest BCUT2D eigenvalue weighted by molar-refractivity contribution is 7.89. The van der Waals surface area contributed by atoms with Crippen LogP contribution in [0.4, 0.5) is 0 Å². The Kier molecular flexibility index (Phi) is 6.61. The zero-order valence-corrected chi connectivity index (χ0v) is 19.9. The van der Waals surface area contributed by atoms with Gasteiger partial charge in [-0.05, 0) is 62.8 Å². The van der Waals surface area contributed by atoms with E-state index in [2.05, 4.69) is 4.72 Å². The van der Waals surface area contributed by atoms with Crippen molar-refractivity contribution in [2.45, 2.75) is 56.9 Å². The second-order valence-corrected chi connectivity index (χ2v) is 10.3. The fourth-order valence-corrected chi connectivity index (χ4v) is 5.44. The lowest BCUT2D eigenvalue weighted by Gasteiger charge is -2.18.